The normalized spacial score (nSPS) is 11.0. The van der Waals surface area contributed by atoms with Gasteiger partial charge < -0.3 is 25.3 Å². The molecule has 3 N–H and O–H groups in total. The third kappa shape index (κ3) is 5.68. The number of rotatable bonds is 7. The molecule has 0 saturated carbocycles. The summed E-state index contributed by atoms with van der Waals surface area (Å²) in [7, 11) is 1.17. The molecule has 2 heterocycles. The smallest absolute Gasteiger partial charge is 0.493 e. The number of amides is 2. The zero-order chi connectivity index (χ0) is 25.0. The molecule has 0 spiro atoms. The molecule has 9 nitrogen and oxygen atoms in total. The summed E-state index contributed by atoms with van der Waals surface area (Å²) in [6.07, 6.45) is -1.82. The fraction of sp³-hybridized carbons (Fsp3) is 0.143. The largest absolute Gasteiger partial charge is 0.573 e. The van der Waals surface area contributed by atoms with Gasteiger partial charge in [-0.3, -0.25) is 19.6 Å². The highest BCUT2D eigenvalue weighted by Gasteiger charge is 2.31. The molecular weight excluding hydrogens is 464 g/mol. The third-order valence-electron chi connectivity index (χ3n) is 4.28. The number of nitrogens with two attached hydrogens (primary N) is 1. The molecular formula is C21H16F4N4O5. The number of nitrogens with zero attached hydrogens (tertiary/aromatic N) is 2. The monoisotopic (exact) mass is 480 g/mol. The van der Waals surface area contributed by atoms with E-state index in [4.69, 9.17) is 15.2 Å². The van der Waals surface area contributed by atoms with Crippen molar-refractivity contribution in [2.75, 3.05) is 12.4 Å². The number of hydrogen-bond acceptors (Lipinski definition) is 7. The SMILES string of the molecule is COc1cc(OC(F)(F)F)ccc1Oc1cncc(F)c1C(=O)Nc1cc(C(N)=O)ncc1C. The molecule has 0 aliphatic rings. The number of alkyl halides is 3. The molecule has 0 fully saturated rings. The number of carbonyl (C=O) groups is 2. The van der Waals surface area contributed by atoms with Crippen LogP contribution in [0.2, 0.25) is 0 Å². The number of primary amides is 1. The van der Waals surface area contributed by atoms with E-state index in [1.165, 1.54) is 19.4 Å². The summed E-state index contributed by atoms with van der Waals surface area (Å²) in [5.74, 6) is -4.11. The average Bonchev–Trinajstić information content (AvgIpc) is 2.75. The van der Waals surface area contributed by atoms with Gasteiger partial charge in [0.1, 0.15) is 17.0 Å². The Bertz CT molecular complexity index is 1250. The molecule has 1 aromatic carbocycles. The van der Waals surface area contributed by atoms with Crippen molar-refractivity contribution >= 4 is 17.5 Å². The number of methoxy groups -OCH3 is 1. The van der Waals surface area contributed by atoms with E-state index in [0.29, 0.717) is 5.56 Å². The first kappa shape index (κ1) is 24.2. The number of hydrogen-bond donors (Lipinski definition) is 2. The standard InChI is InChI=1S/C21H16F4N4O5/c1-10-7-28-14(19(26)30)6-13(10)29-20(31)18-12(22)8-27-9-17(18)33-15-4-3-11(5-16(15)32-2)34-21(23,24)25/h3-9H,1-2H3,(H2,26,30)(H,28,29,31). The van der Waals surface area contributed by atoms with E-state index in [1.54, 1.807) is 6.92 Å². The molecule has 0 bridgehead atoms. The van der Waals surface area contributed by atoms with Crippen LogP contribution < -0.4 is 25.3 Å². The van der Waals surface area contributed by atoms with E-state index < -0.39 is 35.3 Å². The lowest BCUT2D eigenvalue weighted by atomic mass is 10.1. The van der Waals surface area contributed by atoms with Gasteiger partial charge in [-0.1, -0.05) is 0 Å². The van der Waals surface area contributed by atoms with Crippen molar-refractivity contribution in [3.63, 3.8) is 0 Å². The highest BCUT2D eigenvalue weighted by Crippen LogP contribution is 2.37. The molecule has 2 amide bonds. The van der Waals surface area contributed by atoms with Gasteiger partial charge in [0.15, 0.2) is 23.1 Å². The molecule has 0 unspecified atom stereocenters. The number of ether oxygens (including phenoxy) is 3. The van der Waals surface area contributed by atoms with Gasteiger partial charge in [0.2, 0.25) is 0 Å². The zero-order valence-electron chi connectivity index (χ0n) is 17.6. The van der Waals surface area contributed by atoms with Gasteiger partial charge in [-0.15, -0.1) is 13.2 Å². The van der Waals surface area contributed by atoms with E-state index in [9.17, 15) is 27.2 Å². The van der Waals surface area contributed by atoms with Crippen molar-refractivity contribution in [2.24, 2.45) is 5.73 Å². The summed E-state index contributed by atoms with van der Waals surface area (Å²) < 4.78 is 66.4. The maximum absolute atomic E-state index is 14.6. The Balaban J connectivity index is 1.93. The Morgan fingerprint density at radius 2 is 1.79 bits per heavy atom. The number of carbonyl (C=O) groups excluding carboxylic acids is 2. The maximum Gasteiger partial charge on any atom is 0.573 e. The molecule has 3 aromatic rings. The van der Waals surface area contributed by atoms with Crippen molar-refractivity contribution in [3.8, 4) is 23.0 Å². The quantitative estimate of drug-likeness (QED) is 0.490. The first-order valence-electron chi connectivity index (χ1n) is 9.31. The van der Waals surface area contributed by atoms with Gasteiger partial charge in [-0.25, -0.2) is 4.39 Å². The Hall–Kier alpha value is -4.42. The van der Waals surface area contributed by atoms with Crippen molar-refractivity contribution in [1.82, 2.24) is 9.97 Å². The van der Waals surface area contributed by atoms with Crippen LogP contribution in [0.1, 0.15) is 26.4 Å². The topological polar surface area (TPSA) is 126 Å². The second-order valence-corrected chi connectivity index (χ2v) is 6.66. The molecule has 34 heavy (non-hydrogen) atoms. The van der Waals surface area contributed by atoms with Crippen LogP contribution in [0.5, 0.6) is 23.0 Å². The lowest BCUT2D eigenvalue weighted by Crippen LogP contribution is -2.18. The summed E-state index contributed by atoms with van der Waals surface area (Å²) in [5, 5.41) is 2.44. The van der Waals surface area contributed by atoms with Crippen molar-refractivity contribution in [3.05, 3.63) is 65.5 Å². The van der Waals surface area contributed by atoms with Crippen LogP contribution >= 0.6 is 0 Å². The van der Waals surface area contributed by atoms with Crippen molar-refractivity contribution in [1.29, 1.82) is 0 Å². The summed E-state index contributed by atoms with van der Waals surface area (Å²) in [6, 6.07) is 4.15. The first-order valence-corrected chi connectivity index (χ1v) is 9.31. The maximum atomic E-state index is 14.6. The molecule has 0 aliphatic heterocycles. The Morgan fingerprint density at radius 3 is 2.44 bits per heavy atom. The zero-order valence-corrected chi connectivity index (χ0v) is 17.6. The Labute approximate surface area is 189 Å². The van der Waals surface area contributed by atoms with Gasteiger partial charge >= 0.3 is 6.36 Å². The van der Waals surface area contributed by atoms with Crippen LogP contribution in [0.25, 0.3) is 0 Å². The number of pyridine rings is 2. The predicted molar refractivity (Wildman–Crippen MR) is 109 cm³/mol. The van der Waals surface area contributed by atoms with Gasteiger partial charge in [-0.2, -0.15) is 0 Å². The number of halogens is 4. The molecule has 0 radical (unpaired) electrons. The second kappa shape index (κ2) is 9.60. The molecule has 0 saturated heterocycles. The summed E-state index contributed by atoms with van der Waals surface area (Å²) >= 11 is 0. The molecule has 178 valence electrons. The van der Waals surface area contributed by atoms with Gasteiger partial charge in [0.05, 0.1) is 19.5 Å². The lowest BCUT2D eigenvalue weighted by molar-refractivity contribution is -0.274. The van der Waals surface area contributed by atoms with E-state index in [2.05, 4.69) is 20.0 Å². The van der Waals surface area contributed by atoms with E-state index in [-0.39, 0.29) is 28.6 Å². The summed E-state index contributed by atoms with van der Waals surface area (Å²) in [6.45, 7) is 1.59. The number of anilines is 1. The minimum absolute atomic E-state index is 0.126. The van der Waals surface area contributed by atoms with E-state index in [0.717, 1.165) is 30.6 Å². The van der Waals surface area contributed by atoms with Crippen molar-refractivity contribution < 1.29 is 41.4 Å². The van der Waals surface area contributed by atoms with E-state index in [1.807, 2.05) is 0 Å². The van der Waals surface area contributed by atoms with Gasteiger partial charge in [-0.05, 0) is 30.7 Å². The minimum Gasteiger partial charge on any atom is -0.493 e. The summed E-state index contributed by atoms with van der Waals surface area (Å²) in [5.41, 5.74) is 5.10. The molecule has 2 aromatic heterocycles. The van der Waals surface area contributed by atoms with Gasteiger partial charge in [0, 0.05) is 18.0 Å². The number of nitrogens with one attached hydrogen (secondary N) is 1. The van der Waals surface area contributed by atoms with E-state index >= 15 is 0 Å². The number of aromatic nitrogens is 2. The van der Waals surface area contributed by atoms with Crippen molar-refractivity contribution in [2.45, 2.75) is 13.3 Å². The third-order valence-corrected chi connectivity index (χ3v) is 4.28. The van der Waals surface area contributed by atoms with Crippen LogP contribution in [-0.2, 0) is 0 Å². The average molecular weight is 480 g/mol. The second-order valence-electron chi connectivity index (χ2n) is 6.66. The van der Waals surface area contributed by atoms with Crippen LogP contribution in [0.3, 0.4) is 0 Å². The van der Waals surface area contributed by atoms with Crippen LogP contribution in [-0.4, -0.2) is 35.3 Å². The fourth-order valence-electron chi connectivity index (χ4n) is 2.74. The van der Waals surface area contributed by atoms with Crippen LogP contribution in [0, 0.1) is 12.7 Å². The number of benzene rings is 1. The van der Waals surface area contributed by atoms with Gasteiger partial charge in [0.25, 0.3) is 11.8 Å². The molecule has 13 heteroatoms. The Kier molecular flexibility index (Phi) is 6.84. The molecule has 0 aliphatic carbocycles. The predicted octanol–water partition coefficient (Wildman–Crippen LogP) is 3.97. The highest BCUT2D eigenvalue weighted by molar-refractivity contribution is 6.07. The first-order chi connectivity index (χ1) is 16.0. The number of aryl methyl sites for hydroxylation is 1. The molecule has 0 atom stereocenters. The highest BCUT2D eigenvalue weighted by atomic mass is 19.4. The molecule has 3 rings (SSSR count). The lowest BCUT2D eigenvalue weighted by Gasteiger charge is -2.16. The van der Waals surface area contributed by atoms with Crippen LogP contribution in [0.4, 0.5) is 23.2 Å². The summed E-state index contributed by atoms with van der Waals surface area (Å²) in [4.78, 5) is 31.7. The minimum atomic E-state index is -4.93. The van der Waals surface area contributed by atoms with Crippen LogP contribution in [0.15, 0.2) is 42.9 Å². The Morgan fingerprint density at radius 1 is 1.06 bits per heavy atom. The fourth-order valence-corrected chi connectivity index (χ4v) is 2.74.